The maximum absolute atomic E-state index is 13.6. The number of aliphatic hydroxyl groups is 1. The third kappa shape index (κ3) is 5.36. The van der Waals surface area contributed by atoms with Crippen molar-refractivity contribution < 1.29 is 45.4 Å². The van der Waals surface area contributed by atoms with Gasteiger partial charge in [-0.15, -0.1) is 0 Å². The summed E-state index contributed by atoms with van der Waals surface area (Å²) in [6.45, 7) is 1.21. The van der Waals surface area contributed by atoms with E-state index in [1.807, 2.05) is 0 Å². The van der Waals surface area contributed by atoms with Gasteiger partial charge in [0.15, 0.2) is 0 Å². The van der Waals surface area contributed by atoms with Gasteiger partial charge in [-0.2, -0.15) is 26.3 Å². The molecule has 11 heteroatoms. The molecule has 0 aliphatic carbocycles. The van der Waals surface area contributed by atoms with Crippen molar-refractivity contribution in [2.24, 2.45) is 5.92 Å². The second kappa shape index (κ2) is 9.66. The Morgan fingerprint density at radius 1 is 1.03 bits per heavy atom. The van der Waals surface area contributed by atoms with E-state index in [0.29, 0.717) is 24.1 Å². The Hall–Kier alpha value is -2.66. The van der Waals surface area contributed by atoms with Crippen molar-refractivity contribution in [2.75, 3.05) is 13.2 Å². The van der Waals surface area contributed by atoms with E-state index in [-0.39, 0.29) is 43.0 Å². The van der Waals surface area contributed by atoms with Crippen LogP contribution in [0.1, 0.15) is 54.0 Å². The topological polar surface area (TPSA) is 49.8 Å². The Bertz CT molecular complexity index is 1070. The first-order valence-electron chi connectivity index (χ1n) is 11.4. The molecule has 2 heterocycles. The third-order valence-electron chi connectivity index (χ3n) is 6.92. The van der Waals surface area contributed by atoms with Crippen LogP contribution in [0.25, 0.3) is 0 Å². The van der Waals surface area contributed by atoms with Gasteiger partial charge in [0, 0.05) is 31.5 Å². The van der Waals surface area contributed by atoms with E-state index in [9.17, 15) is 40.6 Å². The summed E-state index contributed by atoms with van der Waals surface area (Å²) in [5, 5.41) is 9.63. The number of hydrogen-bond donors (Lipinski definition) is 1. The van der Waals surface area contributed by atoms with Crippen LogP contribution >= 0.6 is 0 Å². The number of benzene rings is 2. The number of amides is 1. The molecule has 36 heavy (non-hydrogen) atoms. The molecule has 196 valence electrons. The lowest BCUT2D eigenvalue weighted by atomic mass is 9.82. The van der Waals surface area contributed by atoms with Gasteiger partial charge in [0.05, 0.1) is 23.3 Å². The molecule has 2 saturated heterocycles. The molecule has 0 aromatic heterocycles. The van der Waals surface area contributed by atoms with Crippen LogP contribution in [0.3, 0.4) is 0 Å². The van der Waals surface area contributed by atoms with E-state index < -0.39 is 53.5 Å². The molecule has 2 fully saturated rings. The minimum absolute atomic E-state index is 0.0566. The molecule has 5 atom stereocenters. The van der Waals surface area contributed by atoms with Crippen molar-refractivity contribution in [3.8, 4) is 0 Å². The zero-order valence-corrected chi connectivity index (χ0v) is 19.1. The van der Waals surface area contributed by atoms with E-state index in [4.69, 9.17) is 4.74 Å². The normalized spacial score (nSPS) is 25.7. The van der Waals surface area contributed by atoms with Crippen LogP contribution in [-0.2, 0) is 21.9 Å². The summed E-state index contributed by atoms with van der Waals surface area (Å²) in [5.74, 6) is -1.53. The lowest BCUT2D eigenvalue weighted by molar-refractivity contribution is -0.143. The maximum atomic E-state index is 13.6. The second-order valence-electron chi connectivity index (χ2n) is 9.34. The summed E-state index contributed by atoms with van der Waals surface area (Å²) in [7, 11) is 0. The number of piperidine rings is 1. The van der Waals surface area contributed by atoms with Gasteiger partial charge >= 0.3 is 12.4 Å². The van der Waals surface area contributed by atoms with Crippen LogP contribution in [0.5, 0.6) is 0 Å². The smallest absolute Gasteiger partial charge is 0.396 e. The number of carbonyl (C=O) groups excluding carboxylic acids is 1. The van der Waals surface area contributed by atoms with Crippen molar-refractivity contribution in [1.29, 1.82) is 0 Å². The molecule has 0 radical (unpaired) electrons. The van der Waals surface area contributed by atoms with Crippen LogP contribution in [0.15, 0.2) is 42.5 Å². The molecular formula is C25H24F7NO3. The van der Waals surface area contributed by atoms with Crippen LogP contribution in [0.4, 0.5) is 30.7 Å². The standard InChI is InChI=1S/C25H24F7NO3/c1-13(16-8-17(24(27,28)29)10-18(9-16)25(30,31)32)36-21-11-33-20(6-14(12-34)7-22(33)35)23(21)15-2-4-19(26)5-3-15/h2-5,8-10,13-14,20-21,23,34H,6-7,11-12H2,1H3/t13-,14?,20?,21+,23?/m1/s1. The zero-order valence-electron chi connectivity index (χ0n) is 19.1. The summed E-state index contributed by atoms with van der Waals surface area (Å²) < 4.78 is 99.6. The minimum Gasteiger partial charge on any atom is -0.396 e. The number of halogens is 7. The van der Waals surface area contributed by atoms with E-state index >= 15 is 0 Å². The average Bonchev–Trinajstić information content (AvgIpc) is 3.16. The van der Waals surface area contributed by atoms with Crippen LogP contribution in [0.2, 0.25) is 0 Å². The second-order valence-corrected chi connectivity index (χ2v) is 9.34. The fraction of sp³-hybridized carbons (Fsp3) is 0.480. The molecule has 2 aliphatic heterocycles. The van der Waals surface area contributed by atoms with Gasteiger partial charge in [-0.1, -0.05) is 12.1 Å². The highest BCUT2D eigenvalue weighted by atomic mass is 19.4. The van der Waals surface area contributed by atoms with Gasteiger partial charge in [0.2, 0.25) is 5.91 Å². The number of rotatable bonds is 5. The molecule has 1 N–H and O–H groups in total. The highest BCUT2D eigenvalue weighted by Crippen LogP contribution is 2.44. The van der Waals surface area contributed by atoms with E-state index in [0.717, 1.165) is 0 Å². The number of nitrogens with zero attached hydrogens (tertiary/aromatic N) is 1. The van der Waals surface area contributed by atoms with Crippen molar-refractivity contribution >= 4 is 5.91 Å². The van der Waals surface area contributed by atoms with Crippen molar-refractivity contribution in [3.05, 3.63) is 70.5 Å². The SMILES string of the molecule is C[C@@H](O[C@H]1CN2C(=O)CC(CO)CC2C1c1ccc(F)cc1)c1cc(C(F)(F)F)cc(C(F)(F)F)c1. The zero-order chi connectivity index (χ0) is 26.4. The first kappa shape index (κ1) is 26.4. The maximum Gasteiger partial charge on any atom is 0.416 e. The number of carbonyl (C=O) groups is 1. The van der Waals surface area contributed by atoms with Gasteiger partial charge in [-0.3, -0.25) is 4.79 Å². The van der Waals surface area contributed by atoms with Crippen molar-refractivity contribution in [1.82, 2.24) is 4.90 Å². The van der Waals surface area contributed by atoms with Crippen LogP contribution < -0.4 is 0 Å². The van der Waals surface area contributed by atoms with Gasteiger partial charge < -0.3 is 14.7 Å². The van der Waals surface area contributed by atoms with Crippen LogP contribution in [-0.4, -0.2) is 41.2 Å². The summed E-state index contributed by atoms with van der Waals surface area (Å²) >= 11 is 0. The van der Waals surface area contributed by atoms with Crippen molar-refractivity contribution in [2.45, 2.75) is 56.3 Å². The average molecular weight is 519 g/mol. The molecule has 2 aliphatic rings. The first-order valence-corrected chi connectivity index (χ1v) is 11.4. The van der Waals surface area contributed by atoms with Gasteiger partial charge in [0.1, 0.15) is 5.82 Å². The summed E-state index contributed by atoms with van der Waals surface area (Å²) in [4.78, 5) is 14.3. The molecule has 4 nitrogen and oxygen atoms in total. The van der Waals surface area contributed by atoms with Gasteiger partial charge in [-0.05, 0) is 60.7 Å². The monoisotopic (exact) mass is 519 g/mol. The molecule has 2 aromatic rings. The fourth-order valence-electron chi connectivity index (χ4n) is 5.18. The third-order valence-corrected chi connectivity index (χ3v) is 6.92. The predicted octanol–water partition coefficient (Wildman–Crippen LogP) is 5.71. The fourth-order valence-corrected chi connectivity index (χ4v) is 5.18. The lowest BCUT2D eigenvalue weighted by Crippen LogP contribution is -2.44. The molecular weight excluding hydrogens is 495 g/mol. The summed E-state index contributed by atoms with van der Waals surface area (Å²) in [6, 6.07) is 6.39. The quantitative estimate of drug-likeness (QED) is 0.516. The highest BCUT2D eigenvalue weighted by molar-refractivity contribution is 5.78. The van der Waals surface area contributed by atoms with Gasteiger partial charge in [-0.25, -0.2) is 4.39 Å². The Morgan fingerprint density at radius 2 is 1.61 bits per heavy atom. The number of hydrogen-bond acceptors (Lipinski definition) is 3. The van der Waals surface area contributed by atoms with Crippen LogP contribution in [0, 0.1) is 11.7 Å². The van der Waals surface area contributed by atoms with Crippen molar-refractivity contribution in [3.63, 3.8) is 0 Å². The minimum atomic E-state index is -4.99. The summed E-state index contributed by atoms with van der Waals surface area (Å²) in [5.41, 5.74) is -2.57. The number of fused-ring (bicyclic) bond motifs is 1. The number of aliphatic hydroxyl groups excluding tert-OH is 1. The Morgan fingerprint density at radius 3 is 2.14 bits per heavy atom. The molecule has 1 amide bonds. The van der Waals surface area contributed by atoms with E-state index in [1.165, 1.54) is 31.2 Å². The largest absolute Gasteiger partial charge is 0.416 e. The molecule has 0 saturated carbocycles. The molecule has 4 rings (SSSR count). The van der Waals surface area contributed by atoms with E-state index in [2.05, 4.69) is 0 Å². The Kier molecular flexibility index (Phi) is 7.09. The Balaban J connectivity index is 1.68. The van der Waals surface area contributed by atoms with Gasteiger partial charge in [0.25, 0.3) is 0 Å². The summed E-state index contributed by atoms with van der Waals surface area (Å²) in [6.07, 6.45) is -11.4. The molecule has 0 spiro atoms. The highest BCUT2D eigenvalue weighted by Gasteiger charge is 2.49. The number of alkyl halides is 6. The predicted molar refractivity (Wildman–Crippen MR) is 114 cm³/mol. The first-order chi connectivity index (χ1) is 16.8. The molecule has 2 aromatic carbocycles. The molecule has 3 unspecified atom stereocenters. The number of ether oxygens (including phenoxy) is 1. The van der Waals surface area contributed by atoms with E-state index in [1.54, 1.807) is 4.90 Å². The Labute approximate surface area is 202 Å². The molecule has 0 bridgehead atoms. The lowest BCUT2D eigenvalue weighted by Gasteiger charge is -2.36.